The highest BCUT2D eigenvalue weighted by Crippen LogP contribution is 2.38. The quantitative estimate of drug-likeness (QED) is 0.659. The molecule has 7 nitrogen and oxygen atoms in total. The Balaban J connectivity index is 1.60. The molecular formula is C24H23ClN4O3. The first-order valence-corrected chi connectivity index (χ1v) is 10.6. The maximum absolute atomic E-state index is 13.4. The third kappa shape index (κ3) is 4.11. The molecule has 4 amide bonds. The molecular weight excluding hydrogens is 428 g/mol. The van der Waals surface area contributed by atoms with Crippen molar-refractivity contribution in [1.29, 1.82) is 0 Å². The second kappa shape index (κ2) is 8.88. The van der Waals surface area contributed by atoms with E-state index in [9.17, 15) is 14.4 Å². The highest BCUT2D eigenvalue weighted by Gasteiger charge is 2.44. The van der Waals surface area contributed by atoms with E-state index in [4.69, 9.17) is 11.6 Å². The molecule has 0 aliphatic carbocycles. The van der Waals surface area contributed by atoms with Gasteiger partial charge in [-0.3, -0.25) is 14.5 Å². The maximum atomic E-state index is 13.4. The van der Waals surface area contributed by atoms with E-state index in [-0.39, 0.29) is 37.5 Å². The number of hydrogen-bond donors (Lipinski definition) is 2. The number of urea groups is 1. The molecule has 2 aromatic carbocycles. The summed E-state index contributed by atoms with van der Waals surface area (Å²) in [7, 11) is 0. The molecule has 0 bridgehead atoms. The number of nitrogens with zero attached hydrogens (tertiary/aromatic N) is 2. The van der Waals surface area contributed by atoms with Gasteiger partial charge in [-0.1, -0.05) is 53.6 Å². The van der Waals surface area contributed by atoms with Crippen LogP contribution in [0.3, 0.4) is 0 Å². The van der Waals surface area contributed by atoms with E-state index in [1.54, 1.807) is 30.3 Å². The van der Waals surface area contributed by atoms with Crippen molar-refractivity contribution in [3.05, 3.63) is 88.6 Å². The molecule has 0 spiro atoms. The summed E-state index contributed by atoms with van der Waals surface area (Å²) < 4.78 is 0. The van der Waals surface area contributed by atoms with Gasteiger partial charge in [0.15, 0.2) is 0 Å². The molecule has 164 valence electrons. The summed E-state index contributed by atoms with van der Waals surface area (Å²) in [5.41, 5.74) is 3.35. The van der Waals surface area contributed by atoms with Crippen LogP contribution in [0.25, 0.3) is 0 Å². The largest absolute Gasteiger partial charge is 0.326 e. The van der Waals surface area contributed by atoms with Crippen LogP contribution >= 0.6 is 11.6 Å². The summed E-state index contributed by atoms with van der Waals surface area (Å²) >= 11 is 6.37. The zero-order chi connectivity index (χ0) is 22.8. The van der Waals surface area contributed by atoms with Crippen LogP contribution in [0.15, 0.2) is 72.5 Å². The fraction of sp³-hybridized carbons (Fsp3) is 0.208. The van der Waals surface area contributed by atoms with Crippen molar-refractivity contribution >= 4 is 35.1 Å². The molecule has 0 radical (unpaired) electrons. The zero-order valence-corrected chi connectivity index (χ0v) is 18.4. The lowest BCUT2D eigenvalue weighted by atomic mass is 9.95. The fourth-order valence-corrected chi connectivity index (χ4v) is 4.20. The number of aryl methyl sites for hydroxylation is 1. The number of nitrogens with one attached hydrogen (secondary N) is 2. The van der Waals surface area contributed by atoms with Crippen LogP contribution in [-0.2, 0) is 9.59 Å². The smallest absolute Gasteiger partial charge is 0.322 e. The fourth-order valence-electron chi connectivity index (χ4n) is 3.95. The van der Waals surface area contributed by atoms with Gasteiger partial charge in [0.1, 0.15) is 6.54 Å². The summed E-state index contributed by atoms with van der Waals surface area (Å²) in [4.78, 5) is 41.7. The lowest BCUT2D eigenvalue weighted by Crippen LogP contribution is -2.47. The van der Waals surface area contributed by atoms with Gasteiger partial charge in [-0.05, 0) is 30.7 Å². The number of hydrogen-bond acceptors (Lipinski definition) is 3. The topological polar surface area (TPSA) is 81.8 Å². The van der Waals surface area contributed by atoms with Crippen LogP contribution in [0.4, 0.5) is 10.5 Å². The molecule has 2 aromatic rings. The SMILES string of the molecule is C=CCN1C(=O)NC(c2ccccc2Cl)C2=C1CN(CC(=O)Nc1ccc(C)cc1)C2=O. The van der Waals surface area contributed by atoms with E-state index in [1.807, 2.05) is 31.2 Å². The van der Waals surface area contributed by atoms with E-state index in [2.05, 4.69) is 17.2 Å². The molecule has 0 saturated carbocycles. The molecule has 1 atom stereocenters. The molecule has 2 aliphatic rings. The minimum absolute atomic E-state index is 0.134. The average molecular weight is 451 g/mol. The molecule has 0 aromatic heterocycles. The molecule has 1 unspecified atom stereocenters. The first kappa shape index (κ1) is 21.6. The standard InChI is InChI=1S/C24H23ClN4O3/c1-3-12-29-19-13-28(14-20(30)26-16-10-8-15(2)9-11-16)23(31)21(19)22(27-24(29)32)17-6-4-5-7-18(17)25/h3-11,22H,1,12-14H2,2H3,(H,26,30)(H,27,32). The first-order chi connectivity index (χ1) is 15.4. The van der Waals surface area contributed by atoms with Crippen molar-refractivity contribution in [3.63, 3.8) is 0 Å². The van der Waals surface area contributed by atoms with Crippen LogP contribution < -0.4 is 10.6 Å². The van der Waals surface area contributed by atoms with Crippen LogP contribution in [0, 0.1) is 6.92 Å². The highest BCUT2D eigenvalue weighted by atomic mass is 35.5. The van der Waals surface area contributed by atoms with E-state index in [0.29, 0.717) is 27.5 Å². The van der Waals surface area contributed by atoms with Crippen molar-refractivity contribution in [2.24, 2.45) is 0 Å². The van der Waals surface area contributed by atoms with Crippen molar-refractivity contribution in [2.45, 2.75) is 13.0 Å². The van der Waals surface area contributed by atoms with E-state index in [0.717, 1.165) is 5.56 Å². The first-order valence-electron chi connectivity index (χ1n) is 10.2. The molecule has 0 fully saturated rings. The Bertz CT molecular complexity index is 1130. The van der Waals surface area contributed by atoms with Crippen LogP contribution in [0.1, 0.15) is 17.2 Å². The third-order valence-electron chi connectivity index (χ3n) is 5.49. The Hall–Kier alpha value is -3.58. The summed E-state index contributed by atoms with van der Waals surface area (Å²) in [5.74, 6) is -0.621. The van der Waals surface area contributed by atoms with E-state index >= 15 is 0 Å². The lowest BCUT2D eigenvalue weighted by molar-refractivity contribution is -0.130. The Morgan fingerprint density at radius 1 is 1.22 bits per heavy atom. The van der Waals surface area contributed by atoms with Crippen molar-refractivity contribution < 1.29 is 14.4 Å². The number of carbonyl (C=O) groups excluding carboxylic acids is 3. The van der Waals surface area contributed by atoms with Gasteiger partial charge >= 0.3 is 6.03 Å². The number of anilines is 1. The van der Waals surface area contributed by atoms with Gasteiger partial charge in [0.05, 0.1) is 23.9 Å². The molecule has 4 rings (SSSR count). The molecule has 2 N–H and O–H groups in total. The lowest BCUT2D eigenvalue weighted by Gasteiger charge is -2.33. The van der Waals surface area contributed by atoms with Gasteiger partial charge in [-0.15, -0.1) is 6.58 Å². The second-order valence-electron chi connectivity index (χ2n) is 7.74. The van der Waals surface area contributed by atoms with Crippen LogP contribution in [-0.4, -0.2) is 47.3 Å². The Morgan fingerprint density at radius 3 is 2.62 bits per heavy atom. The number of benzene rings is 2. The monoisotopic (exact) mass is 450 g/mol. The zero-order valence-electron chi connectivity index (χ0n) is 17.6. The van der Waals surface area contributed by atoms with Gasteiger partial charge < -0.3 is 15.5 Å². The Labute approximate surface area is 191 Å². The van der Waals surface area contributed by atoms with Crippen molar-refractivity contribution in [1.82, 2.24) is 15.1 Å². The van der Waals surface area contributed by atoms with E-state index < -0.39 is 6.04 Å². The number of halogens is 1. The molecule has 8 heteroatoms. The molecule has 2 heterocycles. The predicted octanol–water partition coefficient (Wildman–Crippen LogP) is 3.64. The molecule has 0 saturated heterocycles. The number of carbonyl (C=O) groups is 3. The van der Waals surface area contributed by atoms with Gasteiger partial charge in [-0.2, -0.15) is 0 Å². The summed E-state index contributed by atoms with van der Waals surface area (Å²) in [6.45, 7) is 5.93. The summed E-state index contributed by atoms with van der Waals surface area (Å²) in [5, 5.41) is 6.14. The Kier molecular flexibility index (Phi) is 6.01. The second-order valence-corrected chi connectivity index (χ2v) is 8.15. The van der Waals surface area contributed by atoms with Gasteiger partial charge in [0.25, 0.3) is 5.91 Å². The van der Waals surface area contributed by atoms with Crippen molar-refractivity contribution in [3.8, 4) is 0 Å². The van der Waals surface area contributed by atoms with Gasteiger partial charge in [0, 0.05) is 17.3 Å². The Morgan fingerprint density at radius 2 is 1.94 bits per heavy atom. The maximum Gasteiger partial charge on any atom is 0.322 e. The van der Waals surface area contributed by atoms with Crippen molar-refractivity contribution in [2.75, 3.05) is 25.0 Å². The van der Waals surface area contributed by atoms with Gasteiger partial charge in [0.2, 0.25) is 5.91 Å². The molecule has 32 heavy (non-hydrogen) atoms. The summed E-state index contributed by atoms with van der Waals surface area (Å²) in [6, 6.07) is 13.5. The minimum Gasteiger partial charge on any atom is -0.326 e. The number of rotatable bonds is 6. The van der Waals surface area contributed by atoms with Crippen LogP contribution in [0.2, 0.25) is 5.02 Å². The predicted molar refractivity (Wildman–Crippen MR) is 123 cm³/mol. The minimum atomic E-state index is -0.690. The third-order valence-corrected chi connectivity index (χ3v) is 5.84. The average Bonchev–Trinajstić information content (AvgIpc) is 3.08. The summed E-state index contributed by atoms with van der Waals surface area (Å²) in [6.07, 6.45) is 1.59. The van der Waals surface area contributed by atoms with Crippen LogP contribution in [0.5, 0.6) is 0 Å². The van der Waals surface area contributed by atoms with E-state index in [1.165, 1.54) is 9.80 Å². The molecule has 2 aliphatic heterocycles. The number of amides is 4. The van der Waals surface area contributed by atoms with Gasteiger partial charge in [-0.25, -0.2) is 4.79 Å². The highest BCUT2D eigenvalue weighted by molar-refractivity contribution is 6.31. The normalized spacial score (nSPS) is 17.9.